The second-order valence-corrected chi connectivity index (χ2v) is 9.27. The van der Waals surface area contributed by atoms with Crippen molar-refractivity contribution in [3.63, 3.8) is 0 Å². The average Bonchev–Trinajstić information content (AvgIpc) is 3.57. The third-order valence-electron chi connectivity index (χ3n) is 6.33. The Balaban J connectivity index is 1.27. The number of benzene rings is 2. The third kappa shape index (κ3) is 4.67. The molecule has 3 atom stereocenters. The maximum absolute atomic E-state index is 10.4. The van der Waals surface area contributed by atoms with Crippen molar-refractivity contribution in [1.29, 1.82) is 0 Å². The van der Waals surface area contributed by atoms with Gasteiger partial charge in [0.15, 0.2) is 5.79 Å². The number of aliphatic hydroxyl groups excluding tert-OH is 1. The van der Waals surface area contributed by atoms with Gasteiger partial charge in [-0.25, -0.2) is 0 Å². The Bertz CT molecular complexity index is 946. The predicted octanol–water partition coefficient (Wildman–Crippen LogP) is 4.19. The third-order valence-corrected chi connectivity index (χ3v) is 6.70. The molecule has 1 saturated carbocycles. The monoisotopic (exact) mass is 460 g/mol. The molecule has 2 bridgehead atoms. The lowest BCUT2D eigenvalue weighted by Crippen LogP contribution is -2.46. The average molecular weight is 461 g/mol. The molecule has 0 spiro atoms. The van der Waals surface area contributed by atoms with Crippen molar-refractivity contribution in [2.45, 2.75) is 55.9 Å². The van der Waals surface area contributed by atoms with E-state index in [0.29, 0.717) is 43.6 Å². The van der Waals surface area contributed by atoms with Crippen molar-refractivity contribution in [2.75, 3.05) is 26.9 Å². The molecule has 2 heterocycles. The fraction of sp³-hybridized carbons (Fsp3) is 0.520. The van der Waals surface area contributed by atoms with Crippen LogP contribution in [0.25, 0.3) is 0 Å². The van der Waals surface area contributed by atoms with Crippen molar-refractivity contribution in [1.82, 2.24) is 0 Å². The fourth-order valence-electron chi connectivity index (χ4n) is 4.45. The van der Waals surface area contributed by atoms with E-state index in [1.54, 1.807) is 7.11 Å². The van der Waals surface area contributed by atoms with E-state index in [-0.39, 0.29) is 6.61 Å². The van der Waals surface area contributed by atoms with Crippen LogP contribution in [0.2, 0.25) is 5.02 Å². The first-order chi connectivity index (χ1) is 15.5. The standard InChI is InChI=1S/C25H29ClO6/c1-28-24-14-20(27)15-25(32-24,31-16-24)19-4-9-23(26)18(13-19)12-17-2-5-21(6-3-17)29-10-11-30-22-7-8-22/h2-6,9,13,20,22,27H,7-8,10-12,14-16H2,1H3. The molecule has 0 aromatic heterocycles. The summed E-state index contributed by atoms with van der Waals surface area (Å²) in [7, 11) is 1.58. The van der Waals surface area contributed by atoms with E-state index in [1.807, 2.05) is 42.5 Å². The van der Waals surface area contributed by atoms with E-state index >= 15 is 0 Å². The molecule has 32 heavy (non-hydrogen) atoms. The van der Waals surface area contributed by atoms with Crippen LogP contribution in [0.1, 0.15) is 42.4 Å². The normalized spacial score (nSPS) is 29.3. The molecule has 2 saturated heterocycles. The molecule has 2 aromatic carbocycles. The van der Waals surface area contributed by atoms with E-state index in [0.717, 1.165) is 22.4 Å². The lowest BCUT2D eigenvalue weighted by atomic mass is 9.91. The maximum Gasteiger partial charge on any atom is 0.200 e. The molecule has 0 amide bonds. The van der Waals surface area contributed by atoms with Gasteiger partial charge in [0.25, 0.3) is 0 Å². The molecule has 0 radical (unpaired) electrons. The first-order valence-electron chi connectivity index (χ1n) is 11.2. The molecule has 1 aliphatic carbocycles. The van der Waals surface area contributed by atoms with Crippen LogP contribution < -0.4 is 4.74 Å². The molecule has 6 nitrogen and oxygen atoms in total. The highest BCUT2D eigenvalue weighted by Crippen LogP contribution is 2.50. The highest BCUT2D eigenvalue weighted by molar-refractivity contribution is 6.31. The maximum atomic E-state index is 10.4. The summed E-state index contributed by atoms with van der Waals surface area (Å²) in [6, 6.07) is 13.8. The van der Waals surface area contributed by atoms with E-state index in [4.69, 9.17) is 35.3 Å². The van der Waals surface area contributed by atoms with Gasteiger partial charge in [-0.05, 0) is 54.7 Å². The van der Waals surface area contributed by atoms with Crippen molar-refractivity contribution in [3.05, 3.63) is 64.2 Å². The van der Waals surface area contributed by atoms with Gasteiger partial charge < -0.3 is 28.8 Å². The van der Waals surface area contributed by atoms with Gasteiger partial charge in [-0.1, -0.05) is 29.8 Å². The first-order valence-corrected chi connectivity index (χ1v) is 11.6. The molecular weight excluding hydrogens is 432 g/mol. The summed E-state index contributed by atoms with van der Waals surface area (Å²) < 4.78 is 29.2. The van der Waals surface area contributed by atoms with E-state index in [2.05, 4.69) is 0 Å². The number of methoxy groups -OCH3 is 1. The summed E-state index contributed by atoms with van der Waals surface area (Å²) in [5.74, 6) is -1.10. The number of fused-ring (bicyclic) bond motifs is 2. The zero-order chi connectivity index (χ0) is 22.2. The summed E-state index contributed by atoms with van der Waals surface area (Å²) in [6.45, 7) is 1.46. The van der Waals surface area contributed by atoms with Crippen molar-refractivity contribution >= 4 is 11.6 Å². The molecule has 7 heteroatoms. The number of hydrogen-bond acceptors (Lipinski definition) is 6. The quantitative estimate of drug-likeness (QED) is 0.566. The van der Waals surface area contributed by atoms with Gasteiger partial charge in [-0.3, -0.25) is 0 Å². The first kappa shape index (κ1) is 22.1. The Hall–Kier alpha value is -1.67. The summed E-state index contributed by atoms with van der Waals surface area (Å²) in [5, 5.41) is 11.1. The summed E-state index contributed by atoms with van der Waals surface area (Å²) in [4.78, 5) is 0. The molecule has 5 rings (SSSR count). The van der Waals surface area contributed by atoms with Crippen LogP contribution in [0, 0.1) is 0 Å². The number of aliphatic hydroxyl groups is 1. The van der Waals surface area contributed by atoms with Gasteiger partial charge in [0.2, 0.25) is 5.79 Å². The van der Waals surface area contributed by atoms with Gasteiger partial charge >= 0.3 is 0 Å². The molecular formula is C25H29ClO6. The Morgan fingerprint density at radius 3 is 2.66 bits per heavy atom. The van der Waals surface area contributed by atoms with Crippen molar-refractivity contribution < 1.29 is 28.8 Å². The zero-order valence-electron chi connectivity index (χ0n) is 18.2. The van der Waals surface area contributed by atoms with Crippen LogP contribution in [0.5, 0.6) is 5.75 Å². The SMILES string of the molecule is COC12COC(c3ccc(Cl)c(Cc4ccc(OCCOC5CC5)cc4)c3)(CC(O)C1)O2. The minimum absolute atomic E-state index is 0.283. The van der Waals surface area contributed by atoms with Crippen LogP contribution in [0.3, 0.4) is 0 Å². The molecule has 3 fully saturated rings. The van der Waals surface area contributed by atoms with Crippen LogP contribution in [0.15, 0.2) is 42.5 Å². The Morgan fingerprint density at radius 1 is 1.09 bits per heavy atom. The Labute approximate surface area is 193 Å². The van der Waals surface area contributed by atoms with Crippen LogP contribution in [-0.4, -0.2) is 50.0 Å². The van der Waals surface area contributed by atoms with E-state index < -0.39 is 17.7 Å². The second-order valence-electron chi connectivity index (χ2n) is 8.87. The highest BCUT2D eigenvalue weighted by Gasteiger charge is 2.58. The van der Waals surface area contributed by atoms with E-state index in [1.165, 1.54) is 12.8 Å². The van der Waals surface area contributed by atoms with Crippen molar-refractivity contribution in [3.8, 4) is 5.75 Å². The summed E-state index contributed by atoms with van der Waals surface area (Å²) in [6.07, 6.45) is 3.64. The second kappa shape index (κ2) is 8.93. The molecule has 3 unspecified atom stereocenters. The number of hydrogen-bond donors (Lipinski definition) is 1. The minimum Gasteiger partial charge on any atom is -0.491 e. The van der Waals surface area contributed by atoms with Gasteiger partial charge in [-0.2, -0.15) is 0 Å². The summed E-state index contributed by atoms with van der Waals surface area (Å²) in [5.41, 5.74) is 2.92. The fourth-order valence-corrected chi connectivity index (χ4v) is 4.64. The lowest BCUT2D eigenvalue weighted by molar-refractivity contribution is -0.305. The predicted molar refractivity (Wildman–Crippen MR) is 119 cm³/mol. The Morgan fingerprint density at radius 2 is 1.91 bits per heavy atom. The lowest BCUT2D eigenvalue weighted by Gasteiger charge is -2.39. The number of ether oxygens (including phenoxy) is 5. The Kier molecular flexibility index (Phi) is 6.18. The van der Waals surface area contributed by atoms with Gasteiger partial charge in [0, 0.05) is 30.5 Å². The highest BCUT2D eigenvalue weighted by atomic mass is 35.5. The van der Waals surface area contributed by atoms with Gasteiger partial charge in [0.1, 0.15) is 19.0 Å². The van der Waals surface area contributed by atoms with E-state index in [9.17, 15) is 5.11 Å². The minimum atomic E-state index is -1.02. The molecule has 1 N–H and O–H groups in total. The zero-order valence-corrected chi connectivity index (χ0v) is 19.0. The number of halogens is 1. The van der Waals surface area contributed by atoms with Crippen LogP contribution in [-0.2, 0) is 31.2 Å². The molecule has 2 aromatic rings. The molecule has 3 aliphatic rings. The molecule has 2 aliphatic heterocycles. The smallest absolute Gasteiger partial charge is 0.200 e. The van der Waals surface area contributed by atoms with Crippen molar-refractivity contribution in [2.24, 2.45) is 0 Å². The van der Waals surface area contributed by atoms with Gasteiger partial charge in [0.05, 0.1) is 18.8 Å². The largest absolute Gasteiger partial charge is 0.491 e. The summed E-state index contributed by atoms with van der Waals surface area (Å²) >= 11 is 6.52. The topological polar surface area (TPSA) is 66.4 Å². The van der Waals surface area contributed by atoms with Gasteiger partial charge in [-0.15, -0.1) is 0 Å². The van der Waals surface area contributed by atoms with Crippen LogP contribution in [0.4, 0.5) is 0 Å². The molecule has 172 valence electrons. The van der Waals surface area contributed by atoms with Crippen LogP contribution >= 0.6 is 11.6 Å². The number of rotatable bonds is 9.